The highest BCUT2D eigenvalue weighted by atomic mass is 79.9. The van der Waals surface area contributed by atoms with Crippen LogP contribution in [0, 0.1) is 0 Å². The molecule has 1 unspecified atom stereocenters. The van der Waals surface area contributed by atoms with Crippen LogP contribution in [0.15, 0.2) is 32.5 Å². The van der Waals surface area contributed by atoms with E-state index in [0.29, 0.717) is 11.5 Å². The zero-order valence-corrected chi connectivity index (χ0v) is 14.9. The van der Waals surface area contributed by atoms with Gasteiger partial charge in [-0.15, -0.1) is 11.3 Å². The molecule has 0 saturated carbocycles. The number of hydrazine groups is 1. The maximum absolute atomic E-state index is 5.73. The fraction of sp³-hybridized carbons (Fsp3) is 0.231. The quantitative estimate of drug-likeness (QED) is 0.568. The molecule has 108 valence electrons. The van der Waals surface area contributed by atoms with Gasteiger partial charge in [-0.2, -0.15) is 0 Å². The van der Waals surface area contributed by atoms with Crippen molar-refractivity contribution in [3.8, 4) is 11.5 Å². The second-order valence-electron chi connectivity index (χ2n) is 3.97. The lowest BCUT2D eigenvalue weighted by molar-refractivity contribution is 0.383. The number of rotatable bonds is 5. The Balaban J connectivity index is 2.52. The van der Waals surface area contributed by atoms with Crippen LogP contribution in [0.4, 0.5) is 0 Å². The third kappa shape index (κ3) is 3.01. The molecular weight excluding hydrogens is 408 g/mol. The number of thiophene rings is 1. The van der Waals surface area contributed by atoms with Crippen LogP contribution in [-0.2, 0) is 0 Å². The molecule has 1 atom stereocenters. The highest BCUT2D eigenvalue weighted by Gasteiger charge is 2.22. The lowest BCUT2D eigenvalue weighted by Gasteiger charge is -2.20. The van der Waals surface area contributed by atoms with Gasteiger partial charge in [0.1, 0.15) is 16.0 Å². The summed E-state index contributed by atoms with van der Waals surface area (Å²) < 4.78 is 12.6. The van der Waals surface area contributed by atoms with Gasteiger partial charge in [0.2, 0.25) is 0 Å². The van der Waals surface area contributed by atoms with E-state index in [1.54, 1.807) is 25.6 Å². The number of hydrogen-bond donors (Lipinski definition) is 2. The van der Waals surface area contributed by atoms with E-state index in [1.165, 1.54) is 0 Å². The Morgan fingerprint density at radius 3 is 2.50 bits per heavy atom. The molecule has 0 bridgehead atoms. The van der Waals surface area contributed by atoms with Crippen LogP contribution < -0.4 is 20.7 Å². The van der Waals surface area contributed by atoms with Gasteiger partial charge in [-0.1, -0.05) is 0 Å². The first-order chi connectivity index (χ1) is 9.62. The van der Waals surface area contributed by atoms with E-state index < -0.39 is 0 Å². The summed E-state index contributed by atoms with van der Waals surface area (Å²) in [5.41, 5.74) is 3.78. The summed E-state index contributed by atoms with van der Waals surface area (Å²) >= 11 is 8.58. The van der Waals surface area contributed by atoms with Gasteiger partial charge in [0.25, 0.3) is 0 Å². The Morgan fingerprint density at radius 1 is 1.25 bits per heavy atom. The van der Waals surface area contributed by atoms with Crippen molar-refractivity contribution in [3.63, 3.8) is 0 Å². The van der Waals surface area contributed by atoms with Crippen LogP contribution in [0.3, 0.4) is 0 Å². The normalized spacial score (nSPS) is 12.2. The largest absolute Gasteiger partial charge is 0.495 e. The summed E-state index contributed by atoms with van der Waals surface area (Å²) in [5, 5.41) is 2.02. The van der Waals surface area contributed by atoms with E-state index in [9.17, 15) is 0 Å². The van der Waals surface area contributed by atoms with Crippen LogP contribution in [-0.4, -0.2) is 14.2 Å². The zero-order chi connectivity index (χ0) is 14.7. The highest BCUT2D eigenvalue weighted by Crippen LogP contribution is 2.42. The van der Waals surface area contributed by atoms with E-state index in [2.05, 4.69) is 37.3 Å². The molecule has 0 radical (unpaired) electrons. The molecule has 20 heavy (non-hydrogen) atoms. The van der Waals surface area contributed by atoms with Gasteiger partial charge in [0, 0.05) is 20.3 Å². The number of benzene rings is 1. The first kappa shape index (κ1) is 15.8. The fourth-order valence-electron chi connectivity index (χ4n) is 1.95. The van der Waals surface area contributed by atoms with E-state index >= 15 is 0 Å². The summed E-state index contributed by atoms with van der Waals surface area (Å²) in [6.45, 7) is 0. The van der Waals surface area contributed by atoms with Crippen molar-refractivity contribution >= 4 is 43.2 Å². The Bertz CT molecular complexity index is 604. The number of hydrogen-bond acceptors (Lipinski definition) is 5. The van der Waals surface area contributed by atoms with Crippen molar-refractivity contribution in [2.45, 2.75) is 6.04 Å². The first-order valence-corrected chi connectivity index (χ1v) is 8.19. The number of ether oxygens (including phenoxy) is 2. The van der Waals surface area contributed by atoms with E-state index in [-0.39, 0.29) is 6.04 Å². The smallest absolute Gasteiger partial charge is 0.142 e. The molecule has 2 rings (SSSR count). The molecule has 0 aliphatic carbocycles. The molecular formula is C13H14Br2N2O2S. The van der Waals surface area contributed by atoms with Crippen LogP contribution in [0.25, 0.3) is 0 Å². The predicted octanol–water partition coefficient (Wildman–Crippen LogP) is 3.84. The average Bonchev–Trinajstić information content (AvgIpc) is 2.86. The molecule has 0 spiro atoms. The third-order valence-electron chi connectivity index (χ3n) is 2.87. The number of nitrogens with two attached hydrogens (primary N) is 1. The van der Waals surface area contributed by atoms with Crippen LogP contribution in [0.1, 0.15) is 16.5 Å². The average molecular weight is 422 g/mol. The second-order valence-corrected chi connectivity index (χ2v) is 6.62. The van der Waals surface area contributed by atoms with Gasteiger partial charge in [0.15, 0.2) is 0 Å². The molecule has 0 amide bonds. The summed E-state index contributed by atoms with van der Waals surface area (Å²) in [6.07, 6.45) is 0. The van der Waals surface area contributed by atoms with Gasteiger partial charge >= 0.3 is 0 Å². The molecule has 4 nitrogen and oxygen atoms in total. The van der Waals surface area contributed by atoms with Gasteiger partial charge in [-0.25, -0.2) is 5.43 Å². The lowest BCUT2D eigenvalue weighted by Crippen LogP contribution is -2.28. The molecule has 0 saturated heterocycles. The fourth-order valence-corrected chi connectivity index (χ4v) is 4.16. The highest BCUT2D eigenvalue weighted by molar-refractivity contribution is 9.11. The maximum Gasteiger partial charge on any atom is 0.142 e. The predicted molar refractivity (Wildman–Crippen MR) is 88.4 cm³/mol. The second kappa shape index (κ2) is 6.91. The molecule has 7 heteroatoms. The third-order valence-corrected chi connectivity index (χ3v) is 5.38. The Hall–Kier alpha value is -0.600. The SMILES string of the molecule is COc1ccc(C(NN)c2cc(Br)cs2)c(OC)c1Br. The van der Waals surface area contributed by atoms with E-state index in [0.717, 1.165) is 19.4 Å². The van der Waals surface area contributed by atoms with Crippen molar-refractivity contribution in [1.29, 1.82) is 0 Å². The molecule has 2 aromatic rings. The summed E-state index contributed by atoms with van der Waals surface area (Å²) in [7, 11) is 3.25. The van der Waals surface area contributed by atoms with Gasteiger partial charge in [0.05, 0.1) is 20.3 Å². The maximum atomic E-state index is 5.73. The van der Waals surface area contributed by atoms with Crippen molar-refractivity contribution in [1.82, 2.24) is 5.43 Å². The molecule has 1 aromatic carbocycles. The minimum atomic E-state index is -0.150. The summed E-state index contributed by atoms with van der Waals surface area (Å²) in [5.74, 6) is 7.15. The minimum absolute atomic E-state index is 0.150. The molecule has 0 aliphatic rings. The Kier molecular flexibility index (Phi) is 5.45. The van der Waals surface area contributed by atoms with Gasteiger partial charge in [-0.3, -0.25) is 5.84 Å². The lowest BCUT2D eigenvalue weighted by atomic mass is 10.0. The number of halogens is 2. The summed E-state index contributed by atoms with van der Waals surface area (Å²) in [4.78, 5) is 1.09. The monoisotopic (exact) mass is 420 g/mol. The standard InChI is InChI=1S/C13H14Br2N2O2S/c1-18-9-4-3-8(13(19-2)11(9)15)12(17-16)10-5-7(14)6-20-10/h3-6,12,17H,16H2,1-2H3. The molecule has 1 heterocycles. The molecule has 0 aliphatic heterocycles. The first-order valence-electron chi connectivity index (χ1n) is 5.72. The van der Waals surface area contributed by atoms with Crippen molar-refractivity contribution in [2.24, 2.45) is 5.84 Å². The minimum Gasteiger partial charge on any atom is -0.495 e. The van der Waals surface area contributed by atoms with Crippen molar-refractivity contribution in [3.05, 3.63) is 43.0 Å². The molecule has 3 N–H and O–H groups in total. The Labute approximate surface area is 138 Å². The van der Waals surface area contributed by atoms with Crippen molar-refractivity contribution < 1.29 is 9.47 Å². The van der Waals surface area contributed by atoms with E-state index in [1.807, 2.05) is 23.6 Å². The van der Waals surface area contributed by atoms with E-state index in [4.69, 9.17) is 15.3 Å². The topological polar surface area (TPSA) is 56.5 Å². The zero-order valence-electron chi connectivity index (χ0n) is 10.9. The van der Waals surface area contributed by atoms with Gasteiger partial charge in [-0.05, 0) is 50.1 Å². The molecule has 0 fully saturated rings. The molecule has 1 aromatic heterocycles. The van der Waals surface area contributed by atoms with Crippen LogP contribution >= 0.6 is 43.2 Å². The van der Waals surface area contributed by atoms with Crippen LogP contribution in [0.5, 0.6) is 11.5 Å². The van der Waals surface area contributed by atoms with Crippen molar-refractivity contribution in [2.75, 3.05) is 14.2 Å². The number of methoxy groups -OCH3 is 2. The van der Waals surface area contributed by atoms with Crippen LogP contribution in [0.2, 0.25) is 0 Å². The van der Waals surface area contributed by atoms with Gasteiger partial charge < -0.3 is 9.47 Å². The summed E-state index contributed by atoms with van der Waals surface area (Å²) in [6, 6.07) is 5.71. The Morgan fingerprint density at radius 2 is 2.00 bits per heavy atom. The number of nitrogens with one attached hydrogen (secondary N) is 1.